The highest BCUT2D eigenvalue weighted by Gasteiger charge is 2.24. The summed E-state index contributed by atoms with van der Waals surface area (Å²) in [6.45, 7) is 3.73. The molecule has 4 heteroatoms. The van der Waals surface area contributed by atoms with Gasteiger partial charge in [0.1, 0.15) is 6.04 Å². The summed E-state index contributed by atoms with van der Waals surface area (Å²) in [6, 6.07) is 7.65. The molecule has 1 aromatic carbocycles. The molecule has 1 unspecified atom stereocenters. The third kappa shape index (κ3) is 2.31. The van der Waals surface area contributed by atoms with Gasteiger partial charge in [-0.05, 0) is 38.3 Å². The average Bonchev–Trinajstić information content (AvgIpc) is 2.92. The predicted molar refractivity (Wildman–Crippen MR) is 82.1 cm³/mol. The Kier molecular flexibility index (Phi) is 3.70. The Balaban J connectivity index is 1.92. The lowest BCUT2D eigenvalue weighted by atomic mass is 10.1. The van der Waals surface area contributed by atoms with Crippen molar-refractivity contribution in [3.63, 3.8) is 0 Å². The molecule has 0 saturated carbocycles. The molecule has 0 radical (unpaired) electrons. The van der Waals surface area contributed by atoms with Crippen molar-refractivity contribution in [2.75, 3.05) is 13.1 Å². The second-order valence-corrected chi connectivity index (χ2v) is 5.87. The number of hydrogen-bond donors (Lipinski definition) is 0. The van der Waals surface area contributed by atoms with E-state index in [9.17, 15) is 4.79 Å². The van der Waals surface area contributed by atoms with E-state index in [0.29, 0.717) is 5.02 Å². The Morgan fingerprint density at radius 2 is 1.95 bits per heavy atom. The summed E-state index contributed by atoms with van der Waals surface area (Å²) in [5, 5.41) is 1.78. The van der Waals surface area contributed by atoms with Gasteiger partial charge < -0.3 is 9.47 Å². The normalized spacial score (nSPS) is 17.4. The maximum absolute atomic E-state index is 12.6. The van der Waals surface area contributed by atoms with Gasteiger partial charge in [0, 0.05) is 24.7 Å². The van der Waals surface area contributed by atoms with Crippen LogP contribution in [0.25, 0.3) is 10.9 Å². The predicted octanol–water partition coefficient (Wildman–Crippen LogP) is 3.87. The summed E-state index contributed by atoms with van der Waals surface area (Å²) in [4.78, 5) is 14.6. The summed E-state index contributed by atoms with van der Waals surface area (Å²) in [5.41, 5.74) is 0.951. The molecule has 1 amide bonds. The van der Waals surface area contributed by atoms with Gasteiger partial charge in [0.25, 0.3) is 0 Å². The van der Waals surface area contributed by atoms with Crippen LogP contribution in [0.2, 0.25) is 5.02 Å². The molecule has 0 spiro atoms. The third-order valence-electron chi connectivity index (χ3n) is 4.13. The summed E-state index contributed by atoms with van der Waals surface area (Å²) >= 11 is 6.29. The van der Waals surface area contributed by atoms with Crippen molar-refractivity contribution in [1.82, 2.24) is 9.47 Å². The number of amides is 1. The van der Waals surface area contributed by atoms with Crippen LogP contribution in [-0.2, 0) is 4.79 Å². The molecule has 0 N–H and O–H groups in total. The van der Waals surface area contributed by atoms with E-state index >= 15 is 0 Å². The average molecular weight is 291 g/mol. The van der Waals surface area contributed by atoms with Crippen molar-refractivity contribution in [3.8, 4) is 0 Å². The third-order valence-corrected chi connectivity index (χ3v) is 4.44. The molecule has 1 aliphatic rings. The molecule has 2 heterocycles. The van der Waals surface area contributed by atoms with Gasteiger partial charge in [0.15, 0.2) is 0 Å². The molecule has 1 saturated heterocycles. The molecule has 20 heavy (non-hydrogen) atoms. The molecular weight excluding hydrogens is 272 g/mol. The summed E-state index contributed by atoms with van der Waals surface area (Å²) in [7, 11) is 0. The van der Waals surface area contributed by atoms with E-state index < -0.39 is 0 Å². The fourth-order valence-electron chi connectivity index (χ4n) is 2.99. The number of hydrogen-bond acceptors (Lipinski definition) is 1. The Morgan fingerprint density at radius 3 is 2.70 bits per heavy atom. The van der Waals surface area contributed by atoms with Gasteiger partial charge in [-0.3, -0.25) is 4.79 Å². The first-order chi connectivity index (χ1) is 9.68. The van der Waals surface area contributed by atoms with Crippen LogP contribution in [0.15, 0.2) is 30.5 Å². The van der Waals surface area contributed by atoms with Crippen LogP contribution in [0, 0.1) is 0 Å². The smallest absolute Gasteiger partial charge is 0.245 e. The number of carbonyl (C=O) groups excluding carboxylic acids is 1. The minimum atomic E-state index is -0.203. The molecule has 1 fully saturated rings. The number of carbonyl (C=O) groups is 1. The molecule has 0 bridgehead atoms. The van der Waals surface area contributed by atoms with Crippen molar-refractivity contribution in [1.29, 1.82) is 0 Å². The number of aromatic nitrogens is 1. The molecule has 1 aromatic heterocycles. The lowest BCUT2D eigenvalue weighted by molar-refractivity contribution is -0.135. The van der Waals surface area contributed by atoms with Crippen LogP contribution in [0.4, 0.5) is 0 Å². The van der Waals surface area contributed by atoms with Gasteiger partial charge in [-0.1, -0.05) is 23.7 Å². The number of benzene rings is 1. The van der Waals surface area contributed by atoms with E-state index in [1.165, 1.54) is 6.42 Å². The zero-order valence-electron chi connectivity index (χ0n) is 11.7. The highest BCUT2D eigenvalue weighted by Crippen LogP contribution is 2.28. The first kappa shape index (κ1) is 13.5. The number of likely N-dealkylation sites (tertiary alicyclic amines) is 1. The highest BCUT2D eigenvalue weighted by molar-refractivity contribution is 6.35. The van der Waals surface area contributed by atoms with E-state index in [-0.39, 0.29) is 11.9 Å². The lowest BCUT2D eigenvalue weighted by Gasteiger charge is -2.30. The second-order valence-electron chi connectivity index (χ2n) is 5.46. The van der Waals surface area contributed by atoms with E-state index in [4.69, 9.17) is 11.6 Å². The summed E-state index contributed by atoms with van der Waals surface area (Å²) in [6.07, 6.45) is 5.43. The number of halogens is 1. The van der Waals surface area contributed by atoms with E-state index in [2.05, 4.69) is 0 Å². The summed E-state index contributed by atoms with van der Waals surface area (Å²) in [5.74, 6) is 0.196. The second kappa shape index (κ2) is 5.49. The van der Waals surface area contributed by atoms with Crippen LogP contribution < -0.4 is 0 Å². The quantitative estimate of drug-likeness (QED) is 0.824. The minimum absolute atomic E-state index is 0.196. The van der Waals surface area contributed by atoms with Gasteiger partial charge in [-0.25, -0.2) is 0 Å². The largest absolute Gasteiger partial charge is 0.341 e. The van der Waals surface area contributed by atoms with Crippen molar-refractivity contribution in [2.24, 2.45) is 0 Å². The van der Waals surface area contributed by atoms with E-state index in [1.807, 2.05) is 46.9 Å². The molecule has 2 aromatic rings. The SMILES string of the molecule is CC(C(=O)N1CCCCC1)n1ccc2cccc(Cl)c21. The maximum atomic E-state index is 12.6. The number of para-hydroxylation sites is 1. The van der Waals surface area contributed by atoms with Gasteiger partial charge in [0.2, 0.25) is 5.91 Å². The number of fused-ring (bicyclic) bond motifs is 1. The lowest BCUT2D eigenvalue weighted by Crippen LogP contribution is -2.39. The monoisotopic (exact) mass is 290 g/mol. The van der Waals surface area contributed by atoms with Gasteiger partial charge >= 0.3 is 0 Å². The van der Waals surface area contributed by atoms with Crippen molar-refractivity contribution < 1.29 is 4.79 Å². The Morgan fingerprint density at radius 1 is 1.20 bits per heavy atom. The standard InChI is InChI=1S/C16H19ClN2O/c1-12(16(20)18-9-3-2-4-10-18)19-11-8-13-6-5-7-14(17)15(13)19/h5-8,11-12H,2-4,9-10H2,1H3. The Labute approximate surface area is 124 Å². The molecule has 1 atom stereocenters. The first-order valence-electron chi connectivity index (χ1n) is 7.22. The van der Waals surface area contributed by atoms with Crippen molar-refractivity contribution in [2.45, 2.75) is 32.2 Å². The fraction of sp³-hybridized carbons (Fsp3) is 0.438. The van der Waals surface area contributed by atoms with Gasteiger partial charge in [-0.2, -0.15) is 0 Å². The number of piperidine rings is 1. The van der Waals surface area contributed by atoms with Crippen LogP contribution in [-0.4, -0.2) is 28.5 Å². The minimum Gasteiger partial charge on any atom is -0.341 e. The molecule has 3 nitrogen and oxygen atoms in total. The highest BCUT2D eigenvalue weighted by atomic mass is 35.5. The fourth-order valence-corrected chi connectivity index (χ4v) is 3.27. The van der Waals surface area contributed by atoms with Crippen LogP contribution >= 0.6 is 11.6 Å². The van der Waals surface area contributed by atoms with Crippen molar-refractivity contribution in [3.05, 3.63) is 35.5 Å². The molecular formula is C16H19ClN2O. The topological polar surface area (TPSA) is 25.2 Å². The molecule has 3 rings (SSSR count). The van der Waals surface area contributed by atoms with E-state index in [1.54, 1.807) is 0 Å². The number of rotatable bonds is 2. The first-order valence-corrected chi connectivity index (χ1v) is 7.60. The number of nitrogens with zero attached hydrogens (tertiary/aromatic N) is 2. The van der Waals surface area contributed by atoms with Gasteiger partial charge in [0.05, 0.1) is 10.5 Å². The van der Waals surface area contributed by atoms with E-state index in [0.717, 1.165) is 36.8 Å². The zero-order valence-corrected chi connectivity index (χ0v) is 12.4. The molecule has 1 aliphatic heterocycles. The molecule has 0 aliphatic carbocycles. The van der Waals surface area contributed by atoms with Crippen LogP contribution in [0.3, 0.4) is 0 Å². The zero-order chi connectivity index (χ0) is 14.1. The molecule has 106 valence electrons. The van der Waals surface area contributed by atoms with Crippen molar-refractivity contribution >= 4 is 28.4 Å². The van der Waals surface area contributed by atoms with Crippen LogP contribution in [0.1, 0.15) is 32.2 Å². The summed E-state index contributed by atoms with van der Waals surface area (Å²) < 4.78 is 1.99. The maximum Gasteiger partial charge on any atom is 0.245 e. The Bertz CT molecular complexity index is 628. The van der Waals surface area contributed by atoms with Crippen LogP contribution in [0.5, 0.6) is 0 Å². The van der Waals surface area contributed by atoms with Gasteiger partial charge in [-0.15, -0.1) is 0 Å². The Hall–Kier alpha value is -1.48.